The predicted octanol–water partition coefficient (Wildman–Crippen LogP) is 1.91. The van der Waals surface area contributed by atoms with Gasteiger partial charge in [-0.2, -0.15) is 0 Å². The van der Waals surface area contributed by atoms with Gasteiger partial charge in [-0.25, -0.2) is 18.4 Å². The minimum Gasteiger partial charge on any atom is -0.381 e. The van der Waals surface area contributed by atoms with Crippen molar-refractivity contribution in [3.63, 3.8) is 0 Å². The van der Waals surface area contributed by atoms with Crippen molar-refractivity contribution < 1.29 is 22.7 Å². The van der Waals surface area contributed by atoms with Gasteiger partial charge < -0.3 is 26.4 Å². The lowest BCUT2D eigenvalue weighted by Crippen LogP contribution is -2.59. The van der Waals surface area contributed by atoms with Gasteiger partial charge in [0.25, 0.3) is 0 Å². The van der Waals surface area contributed by atoms with Crippen LogP contribution in [0.2, 0.25) is 0 Å². The highest BCUT2D eigenvalue weighted by Crippen LogP contribution is 2.64. The quantitative estimate of drug-likeness (QED) is 0.342. The Morgan fingerprint density at radius 1 is 1.03 bits per heavy atom. The average molecular weight is 534 g/mol. The number of carbonyl (C=O) groups excluding carboxylic acids is 2. The van der Waals surface area contributed by atoms with Crippen LogP contribution in [0.5, 0.6) is 0 Å². The first-order chi connectivity index (χ1) is 17.5. The number of anilines is 1. The lowest BCUT2D eigenvalue weighted by Gasteiger charge is -2.62. The van der Waals surface area contributed by atoms with Crippen LogP contribution in [-0.4, -0.2) is 52.7 Å². The van der Waals surface area contributed by atoms with E-state index in [-0.39, 0.29) is 33.6 Å². The molecule has 5 aliphatic rings. The molecule has 0 radical (unpaired) electrons. The molecule has 1 aliphatic heterocycles. The van der Waals surface area contributed by atoms with Crippen LogP contribution in [-0.2, 0) is 19.6 Å². The molecule has 4 saturated carbocycles. The van der Waals surface area contributed by atoms with Crippen molar-refractivity contribution in [3.05, 3.63) is 24.3 Å². The van der Waals surface area contributed by atoms with Crippen LogP contribution in [0.15, 0.2) is 29.2 Å². The van der Waals surface area contributed by atoms with E-state index in [1.807, 2.05) is 0 Å². The molecule has 4 aliphatic carbocycles. The first kappa shape index (κ1) is 26.4. The van der Waals surface area contributed by atoms with Gasteiger partial charge in [0.15, 0.2) is 0 Å². The van der Waals surface area contributed by atoms with Crippen molar-refractivity contribution in [1.29, 1.82) is 0 Å². The predicted molar refractivity (Wildman–Crippen MR) is 139 cm³/mol. The number of hydrogen-bond acceptors (Lipinski definition) is 6. The van der Waals surface area contributed by atoms with Gasteiger partial charge in [0.2, 0.25) is 15.9 Å². The maximum Gasteiger partial charge on any atom is 0.319 e. The number of ether oxygens (including phenoxy) is 1. The fourth-order valence-corrected chi connectivity index (χ4v) is 8.50. The molecular formula is C26H39N5O5S. The summed E-state index contributed by atoms with van der Waals surface area (Å²) in [7, 11) is -3.85. The van der Waals surface area contributed by atoms with Gasteiger partial charge in [0, 0.05) is 32.0 Å². The Morgan fingerprint density at radius 2 is 1.65 bits per heavy atom. The van der Waals surface area contributed by atoms with E-state index in [4.69, 9.17) is 15.6 Å². The zero-order valence-corrected chi connectivity index (χ0v) is 22.0. The van der Waals surface area contributed by atoms with Crippen LogP contribution >= 0.6 is 0 Å². The van der Waals surface area contributed by atoms with Crippen molar-refractivity contribution >= 4 is 27.6 Å². The lowest BCUT2D eigenvalue weighted by atomic mass is 9.44. The maximum atomic E-state index is 12.9. The van der Waals surface area contributed by atoms with Crippen molar-refractivity contribution in [2.75, 3.05) is 31.6 Å². The second-order valence-corrected chi connectivity index (χ2v) is 13.6. The summed E-state index contributed by atoms with van der Waals surface area (Å²) in [4.78, 5) is 25.6. The molecule has 204 valence electrons. The summed E-state index contributed by atoms with van der Waals surface area (Å²) in [6.07, 6.45) is 8.26. The number of amides is 3. The Labute approximate surface area is 218 Å². The van der Waals surface area contributed by atoms with Gasteiger partial charge in [0.1, 0.15) is 0 Å². The molecule has 0 aromatic heterocycles. The first-order valence-corrected chi connectivity index (χ1v) is 14.9. The molecule has 1 saturated heterocycles. The van der Waals surface area contributed by atoms with Crippen molar-refractivity contribution in [1.82, 2.24) is 10.6 Å². The number of urea groups is 1. The molecule has 37 heavy (non-hydrogen) atoms. The highest BCUT2D eigenvalue weighted by Gasteiger charge is 2.57. The van der Waals surface area contributed by atoms with E-state index in [0.717, 1.165) is 44.9 Å². The van der Waals surface area contributed by atoms with Crippen molar-refractivity contribution in [2.45, 2.75) is 62.3 Å². The third kappa shape index (κ3) is 5.94. The molecule has 3 unspecified atom stereocenters. The molecule has 1 aromatic rings. The second kappa shape index (κ2) is 10.2. The fourth-order valence-electron chi connectivity index (χ4n) is 7.94. The number of primary sulfonamides is 1. The molecule has 11 heteroatoms. The summed E-state index contributed by atoms with van der Waals surface area (Å²) in [6.45, 7) is 2.53. The Bertz CT molecular complexity index is 1120. The fraction of sp³-hybridized carbons (Fsp3) is 0.692. The Kier molecular flexibility index (Phi) is 7.25. The molecular weight excluding hydrogens is 494 g/mol. The average Bonchev–Trinajstić information content (AvgIpc) is 2.85. The molecule has 0 spiro atoms. The third-order valence-corrected chi connectivity index (χ3v) is 9.97. The lowest BCUT2D eigenvalue weighted by molar-refractivity contribution is -0.130. The summed E-state index contributed by atoms with van der Waals surface area (Å²) in [5.41, 5.74) is 6.74. The Hall–Kier alpha value is -2.21. The molecule has 1 aromatic carbocycles. The number of nitrogens with one attached hydrogen (secondary N) is 3. The number of benzene rings is 1. The van der Waals surface area contributed by atoms with Crippen LogP contribution in [0.1, 0.15) is 51.4 Å². The Morgan fingerprint density at radius 3 is 2.27 bits per heavy atom. The van der Waals surface area contributed by atoms with E-state index in [1.165, 1.54) is 18.6 Å². The van der Waals surface area contributed by atoms with Crippen LogP contribution in [0.4, 0.5) is 10.5 Å². The summed E-state index contributed by atoms with van der Waals surface area (Å²) in [5.74, 6) is 1.33. The van der Waals surface area contributed by atoms with Crippen molar-refractivity contribution in [3.8, 4) is 0 Å². The smallest absolute Gasteiger partial charge is 0.319 e. The van der Waals surface area contributed by atoms with Gasteiger partial charge >= 0.3 is 6.03 Å². The summed E-state index contributed by atoms with van der Waals surface area (Å²) >= 11 is 0. The number of nitrogens with two attached hydrogens (primary N) is 2. The van der Waals surface area contributed by atoms with E-state index in [2.05, 4.69) is 16.0 Å². The monoisotopic (exact) mass is 533 g/mol. The zero-order chi connectivity index (χ0) is 26.3. The summed E-state index contributed by atoms with van der Waals surface area (Å²) in [5, 5.41) is 14.2. The van der Waals surface area contributed by atoms with E-state index >= 15 is 0 Å². The Balaban J connectivity index is 1.18. The molecule has 10 nitrogen and oxygen atoms in total. The molecule has 4 bridgehead atoms. The number of hydrogen-bond donors (Lipinski definition) is 5. The van der Waals surface area contributed by atoms with Crippen molar-refractivity contribution in [2.24, 2.45) is 39.5 Å². The summed E-state index contributed by atoms with van der Waals surface area (Å²) in [6, 6.07) is 5.05. The molecule has 3 atom stereocenters. The van der Waals surface area contributed by atoms with Gasteiger partial charge in [-0.05, 0) is 98.1 Å². The van der Waals surface area contributed by atoms with E-state index in [0.29, 0.717) is 43.8 Å². The van der Waals surface area contributed by atoms with Gasteiger partial charge in [-0.15, -0.1) is 0 Å². The number of carbonyl (C=O) groups is 2. The standard InChI is InChI=1S/C26H39N5O5S/c27-22(19-4-6-36-7-5-19)23(32)29-15-25-10-17-8-18(11-25)13-26(12-17,14-25)16-30-24(33)31-20-2-1-3-21(9-20)37(28,34)35/h1-3,9,17-19,22H,4-8,10-16,27H2,(H,29,32)(H2,28,34,35)(H2,30,31,33). The SMILES string of the molecule is NC(C(=O)NCC12CC3CC(CC(CNC(=O)Nc4cccc(S(N)(=O)=O)c4)(C3)C1)C2)C1CCOCC1. The van der Waals surface area contributed by atoms with Crippen LogP contribution in [0, 0.1) is 28.6 Å². The minimum absolute atomic E-state index is 0.0113. The largest absolute Gasteiger partial charge is 0.381 e. The first-order valence-electron chi connectivity index (χ1n) is 13.3. The second-order valence-electron chi connectivity index (χ2n) is 12.0. The number of sulfonamides is 1. The normalized spacial score (nSPS) is 32.1. The maximum absolute atomic E-state index is 12.9. The van der Waals surface area contributed by atoms with Gasteiger partial charge in [-0.3, -0.25) is 4.79 Å². The minimum atomic E-state index is -3.85. The zero-order valence-electron chi connectivity index (χ0n) is 21.2. The highest BCUT2D eigenvalue weighted by atomic mass is 32.2. The third-order valence-electron chi connectivity index (χ3n) is 9.06. The topological polar surface area (TPSA) is 166 Å². The summed E-state index contributed by atoms with van der Waals surface area (Å²) < 4.78 is 28.6. The van der Waals surface area contributed by atoms with Gasteiger partial charge in [0.05, 0.1) is 10.9 Å². The van der Waals surface area contributed by atoms with E-state index in [9.17, 15) is 18.0 Å². The molecule has 1 heterocycles. The highest BCUT2D eigenvalue weighted by molar-refractivity contribution is 7.89. The molecule has 5 fully saturated rings. The number of rotatable bonds is 8. The van der Waals surface area contributed by atoms with Crippen LogP contribution in [0.3, 0.4) is 0 Å². The molecule has 6 rings (SSSR count). The van der Waals surface area contributed by atoms with Gasteiger partial charge in [-0.1, -0.05) is 6.07 Å². The van der Waals surface area contributed by atoms with E-state index in [1.54, 1.807) is 12.1 Å². The molecule has 7 N–H and O–H groups in total. The molecule has 3 amide bonds. The van der Waals surface area contributed by atoms with Crippen LogP contribution in [0.25, 0.3) is 0 Å². The van der Waals surface area contributed by atoms with Crippen LogP contribution < -0.4 is 26.8 Å². The van der Waals surface area contributed by atoms with E-state index < -0.39 is 16.1 Å².